The number of nitrogens with one attached hydrogen (secondary N) is 1. The number of primary amides is 1. The van der Waals surface area contributed by atoms with Crippen molar-refractivity contribution in [1.29, 1.82) is 0 Å². The highest BCUT2D eigenvalue weighted by molar-refractivity contribution is 7.17. The molecular weight excluding hydrogens is 370 g/mol. The van der Waals surface area contributed by atoms with E-state index < -0.39 is 5.91 Å². The lowest BCUT2D eigenvalue weighted by Crippen LogP contribution is -3.03. The van der Waals surface area contributed by atoms with E-state index in [0.29, 0.717) is 27.6 Å². The molecule has 1 aliphatic heterocycles. The van der Waals surface area contributed by atoms with Crippen molar-refractivity contribution in [3.05, 3.63) is 50.9 Å². The number of nitrogens with two attached hydrogens (primary N) is 2. The molecule has 138 valence electrons. The number of benzene rings is 1. The molecule has 0 spiro atoms. The van der Waals surface area contributed by atoms with Crippen molar-refractivity contribution in [2.24, 2.45) is 5.73 Å². The Hall–Kier alpha value is -1.89. The summed E-state index contributed by atoms with van der Waals surface area (Å²) < 4.78 is 0. The van der Waals surface area contributed by atoms with Crippen molar-refractivity contribution in [1.82, 2.24) is 0 Å². The molecule has 0 saturated heterocycles. The second-order valence-corrected chi connectivity index (χ2v) is 9.37. The Balaban J connectivity index is 2.07. The topological polar surface area (TPSA) is 88.8 Å². The van der Waals surface area contributed by atoms with Crippen LogP contribution < -0.4 is 16.4 Å². The van der Waals surface area contributed by atoms with Gasteiger partial charge in [-0.2, -0.15) is 0 Å². The molecule has 3 rings (SSSR count). The van der Waals surface area contributed by atoms with Crippen LogP contribution in [0.25, 0.3) is 0 Å². The fraction of sp³-hybridized carbons (Fsp3) is 0.368. The van der Waals surface area contributed by atoms with Gasteiger partial charge in [0.1, 0.15) is 10.5 Å². The molecule has 2 heterocycles. The Morgan fingerprint density at radius 1 is 1.23 bits per heavy atom. The van der Waals surface area contributed by atoms with E-state index in [4.69, 9.17) is 17.3 Å². The Bertz CT molecular complexity index is 902. The number of rotatable bonds is 3. The molecular formula is C19H23ClN3O2S+. The van der Waals surface area contributed by atoms with Crippen molar-refractivity contribution in [2.75, 3.05) is 5.32 Å². The molecule has 2 aromatic rings. The SMILES string of the molecule is CC1(C)Cc2c(sc(NC(=O)c3ccccc3Cl)c2C(N)=O)C(C)(C)[NH2+]1. The lowest BCUT2D eigenvalue weighted by molar-refractivity contribution is -0.789. The number of anilines is 1. The first-order valence-corrected chi connectivity index (χ1v) is 9.60. The summed E-state index contributed by atoms with van der Waals surface area (Å²) in [7, 11) is 0. The van der Waals surface area contributed by atoms with Crippen LogP contribution in [0.1, 0.15) is 58.9 Å². The normalized spacial score (nSPS) is 17.4. The standard InChI is InChI=1S/C19H22ClN3O2S/c1-18(2)9-11-13(15(21)24)17(26-14(11)19(3,4)23-18)22-16(25)10-7-5-6-8-12(10)20/h5-8,23H,9H2,1-4H3,(H2,21,24)(H,22,25)/p+1. The van der Waals surface area contributed by atoms with Gasteiger partial charge in [0.15, 0.2) is 0 Å². The van der Waals surface area contributed by atoms with Crippen molar-refractivity contribution < 1.29 is 14.9 Å². The van der Waals surface area contributed by atoms with E-state index in [9.17, 15) is 9.59 Å². The monoisotopic (exact) mass is 392 g/mol. The highest BCUT2D eigenvalue weighted by Crippen LogP contribution is 2.42. The van der Waals surface area contributed by atoms with E-state index >= 15 is 0 Å². The molecule has 1 aromatic heterocycles. The van der Waals surface area contributed by atoms with Crippen molar-refractivity contribution in [3.8, 4) is 0 Å². The number of hydrogen-bond acceptors (Lipinski definition) is 3. The second kappa shape index (κ2) is 6.37. The van der Waals surface area contributed by atoms with Gasteiger partial charge in [-0.1, -0.05) is 23.7 Å². The highest BCUT2D eigenvalue weighted by atomic mass is 35.5. The zero-order chi connectivity index (χ0) is 19.3. The zero-order valence-electron chi connectivity index (χ0n) is 15.3. The molecule has 1 aromatic carbocycles. The average Bonchev–Trinajstić information content (AvgIpc) is 2.84. The van der Waals surface area contributed by atoms with Crippen LogP contribution in [-0.2, 0) is 12.0 Å². The highest BCUT2D eigenvalue weighted by Gasteiger charge is 2.45. The van der Waals surface area contributed by atoms with Crippen LogP contribution in [0, 0.1) is 0 Å². The number of hydrogen-bond donors (Lipinski definition) is 3. The van der Waals surface area contributed by atoms with Gasteiger partial charge < -0.3 is 16.4 Å². The third kappa shape index (κ3) is 3.37. The first-order chi connectivity index (χ1) is 12.0. The summed E-state index contributed by atoms with van der Waals surface area (Å²) in [5, 5.41) is 6.00. The van der Waals surface area contributed by atoms with E-state index in [-0.39, 0.29) is 17.0 Å². The summed E-state index contributed by atoms with van der Waals surface area (Å²) in [6.45, 7) is 8.52. The van der Waals surface area contributed by atoms with Gasteiger partial charge in [0.25, 0.3) is 11.8 Å². The number of thiophene rings is 1. The number of fused-ring (bicyclic) bond motifs is 1. The summed E-state index contributed by atoms with van der Waals surface area (Å²) in [5.74, 6) is -0.872. The molecule has 5 nitrogen and oxygen atoms in total. The maximum Gasteiger partial charge on any atom is 0.257 e. The number of carbonyl (C=O) groups excluding carboxylic acids is 2. The molecule has 0 fully saturated rings. The average molecular weight is 393 g/mol. The third-order valence-electron chi connectivity index (χ3n) is 4.57. The van der Waals surface area contributed by atoms with E-state index in [1.165, 1.54) is 11.3 Å². The molecule has 0 atom stereocenters. The third-order valence-corrected chi connectivity index (χ3v) is 6.38. The molecule has 0 bridgehead atoms. The minimum Gasteiger partial charge on any atom is -0.365 e. The van der Waals surface area contributed by atoms with E-state index in [0.717, 1.165) is 10.4 Å². The Labute approximate surface area is 161 Å². The van der Waals surface area contributed by atoms with Crippen LogP contribution >= 0.6 is 22.9 Å². The van der Waals surface area contributed by atoms with Crippen LogP contribution in [0.4, 0.5) is 5.00 Å². The van der Waals surface area contributed by atoms with Gasteiger partial charge in [0.05, 0.1) is 26.6 Å². The molecule has 7 heteroatoms. The van der Waals surface area contributed by atoms with Crippen LogP contribution in [0.2, 0.25) is 5.02 Å². The van der Waals surface area contributed by atoms with Crippen molar-refractivity contribution in [2.45, 2.75) is 45.2 Å². The molecule has 0 unspecified atom stereocenters. The van der Waals surface area contributed by atoms with E-state index in [2.05, 4.69) is 38.3 Å². The lowest BCUT2D eigenvalue weighted by Gasteiger charge is -2.38. The van der Waals surface area contributed by atoms with Crippen LogP contribution in [0.5, 0.6) is 0 Å². The molecule has 5 N–H and O–H groups in total. The summed E-state index contributed by atoms with van der Waals surface area (Å²) in [6, 6.07) is 6.81. The molecule has 26 heavy (non-hydrogen) atoms. The fourth-order valence-corrected chi connectivity index (χ4v) is 5.38. The molecule has 1 aliphatic rings. The number of quaternary nitrogens is 1. The smallest absolute Gasteiger partial charge is 0.257 e. The lowest BCUT2D eigenvalue weighted by atomic mass is 9.81. The number of amides is 2. The predicted molar refractivity (Wildman–Crippen MR) is 105 cm³/mol. The van der Waals surface area contributed by atoms with Gasteiger partial charge in [-0.05, 0) is 45.4 Å². The summed E-state index contributed by atoms with van der Waals surface area (Å²) >= 11 is 7.54. The minimum atomic E-state index is -0.523. The van der Waals surface area contributed by atoms with E-state index in [1.807, 2.05) is 0 Å². The van der Waals surface area contributed by atoms with Gasteiger partial charge >= 0.3 is 0 Å². The summed E-state index contributed by atoms with van der Waals surface area (Å²) in [4.78, 5) is 25.9. The molecule has 2 amide bonds. The minimum absolute atomic E-state index is 0.0637. The van der Waals surface area contributed by atoms with E-state index in [1.54, 1.807) is 24.3 Å². The zero-order valence-corrected chi connectivity index (χ0v) is 16.8. The molecule has 0 saturated carbocycles. The number of carbonyl (C=O) groups is 2. The maximum atomic E-state index is 12.7. The van der Waals surface area contributed by atoms with Gasteiger partial charge in [-0.3, -0.25) is 9.59 Å². The molecule has 0 aliphatic carbocycles. The number of halogens is 1. The van der Waals surface area contributed by atoms with Gasteiger partial charge in [-0.15, -0.1) is 11.3 Å². The van der Waals surface area contributed by atoms with Gasteiger partial charge in [0, 0.05) is 6.42 Å². The van der Waals surface area contributed by atoms with Crippen LogP contribution in [0.15, 0.2) is 24.3 Å². The Morgan fingerprint density at radius 2 is 1.88 bits per heavy atom. The largest absolute Gasteiger partial charge is 0.365 e. The second-order valence-electron chi connectivity index (χ2n) is 7.94. The first kappa shape index (κ1) is 18.9. The maximum absolute atomic E-state index is 12.7. The van der Waals surface area contributed by atoms with Gasteiger partial charge in [-0.25, -0.2) is 0 Å². The summed E-state index contributed by atoms with van der Waals surface area (Å²) in [5.41, 5.74) is 7.13. The van der Waals surface area contributed by atoms with Crippen molar-refractivity contribution >= 4 is 39.8 Å². The predicted octanol–water partition coefficient (Wildman–Crippen LogP) is 2.89. The quantitative estimate of drug-likeness (QED) is 0.749. The van der Waals surface area contributed by atoms with Crippen LogP contribution in [0.3, 0.4) is 0 Å². The molecule has 0 radical (unpaired) electrons. The fourth-order valence-electron chi connectivity index (χ4n) is 3.87. The van der Waals surface area contributed by atoms with Gasteiger partial charge in [0.2, 0.25) is 0 Å². The summed E-state index contributed by atoms with van der Waals surface area (Å²) in [6.07, 6.45) is 0.711. The Morgan fingerprint density at radius 3 is 2.50 bits per heavy atom. The van der Waals surface area contributed by atoms with Crippen molar-refractivity contribution in [3.63, 3.8) is 0 Å². The first-order valence-electron chi connectivity index (χ1n) is 8.41. The Kier molecular flexibility index (Phi) is 4.63. The van der Waals surface area contributed by atoms with Crippen LogP contribution in [-0.4, -0.2) is 17.4 Å².